The van der Waals surface area contributed by atoms with Crippen LogP contribution < -0.4 is 14.5 Å². The maximum atomic E-state index is 14.4. The summed E-state index contributed by atoms with van der Waals surface area (Å²) in [4.78, 5) is 41.8. The van der Waals surface area contributed by atoms with Crippen molar-refractivity contribution < 1.29 is 29.0 Å². The number of halogens is 1. The van der Waals surface area contributed by atoms with Gasteiger partial charge in [-0.3, -0.25) is 14.5 Å². The summed E-state index contributed by atoms with van der Waals surface area (Å²) in [6, 6.07) is 20.9. The van der Waals surface area contributed by atoms with Gasteiger partial charge in [0.1, 0.15) is 5.75 Å². The van der Waals surface area contributed by atoms with E-state index >= 15 is 0 Å². The molecule has 1 fully saturated rings. The standard InChI is InChI=1S/C31H33BrN2O6Si/c1-19-29(41(2,3)38)27(14-15-35)40-31(19)23-16-21(32)10-13-24(23)33(30(31)37)17-20-8-11-22(12-9-20)34-25-6-4-5-7-26(25)39-18-28(34)36/h4-13,16,19,27,29,35,38H,14-15,17-18H2,1-3H3/t19-,27+,29-,31+/m0/s1. The zero-order valence-electron chi connectivity index (χ0n) is 23.2. The molecule has 214 valence electrons. The molecule has 0 unspecified atom stereocenters. The number of carbonyl (C=O) groups excluding carboxylic acids is 2. The lowest BCUT2D eigenvalue weighted by molar-refractivity contribution is -0.146. The molecule has 3 aliphatic heterocycles. The Labute approximate surface area is 248 Å². The first-order chi connectivity index (χ1) is 19.6. The summed E-state index contributed by atoms with van der Waals surface area (Å²) in [7, 11) is -2.76. The number of rotatable bonds is 6. The SMILES string of the molecule is C[C@H]1[C@H]([Si](C)(C)O)[C@@H](CCO)O[C@]12C(=O)N(Cc1ccc(N3C(=O)COc4ccccc43)cc1)c1ccc(Br)cc12. The maximum absolute atomic E-state index is 14.4. The molecular formula is C31H33BrN2O6Si. The van der Waals surface area contributed by atoms with Gasteiger partial charge in [-0.2, -0.15) is 0 Å². The van der Waals surface area contributed by atoms with Crippen molar-refractivity contribution in [3.8, 4) is 5.75 Å². The average molecular weight is 638 g/mol. The van der Waals surface area contributed by atoms with Crippen molar-refractivity contribution in [1.29, 1.82) is 0 Å². The second-order valence-electron chi connectivity index (χ2n) is 11.6. The summed E-state index contributed by atoms with van der Waals surface area (Å²) in [6.07, 6.45) is -0.0690. The normalized spacial score (nSPS) is 25.5. The Morgan fingerprint density at radius 3 is 2.49 bits per heavy atom. The van der Waals surface area contributed by atoms with E-state index in [-0.39, 0.29) is 36.5 Å². The van der Waals surface area contributed by atoms with Crippen molar-refractivity contribution in [1.82, 2.24) is 0 Å². The molecule has 0 saturated carbocycles. The van der Waals surface area contributed by atoms with Gasteiger partial charge in [-0.05, 0) is 67.5 Å². The molecule has 3 aromatic carbocycles. The monoisotopic (exact) mass is 636 g/mol. The summed E-state index contributed by atoms with van der Waals surface area (Å²) in [6.45, 7) is 5.94. The van der Waals surface area contributed by atoms with E-state index in [9.17, 15) is 19.5 Å². The molecule has 2 amide bonds. The number of para-hydroxylation sites is 2. The number of ether oxygens (including phenoxy) is 2. The minimum atomic E-state index is -2.76. The van der Waals surface area contributed by atoms with Crippen LogP contribution in [0, 0.1) is 5.92 Å². The molecule has 3 aliphatic rings. The molecule has 6 rings (SSSR count). The lowest BCUT2D eigenvalue weighted by Gasteiger charge is -2.32. The lowest BCUT2D eigenvalue weighted by atomic mass is 9.82. The van der Waals surface area contributed by atoms with Crippen LogP contribution >= 0.6 is 15.9 Å². The number of carbonyl (C=O) groups is 2. The number of nitrogens with zero attached hydrogens (tertiary/aromatic N) is 2. The third-order valence-corrected chi connectivity index (χ3v) is 11.6. The van der Waals surface area contributed by atoms with Crippen LogP contribution in [0.3, 0.4) is 0 Å². The molecule has 0 aliphatic carbocycles. The molecule has 0 radical (unpaired) electrons. The maximum Gasteiger partial charge on any atom is 0.269 e. The number of aliphatic hydroxyl groups is 1. The molecule has 0 aromatic heterocycles. The largest absolute Gasteiger partial charge is 0.482 e. The zero-order valence-corrected chi connectivity index (χ0v) is 25.8. The Morgan fingerprint density at radius 2 is 1.78 bits per heavy atom. The Kier molecular flexibility index (Phi) is 7.10. The smallest absolute Gasteiger partial charge is 0.269 e. The predicted octanol–water partition coefficient (Wildman–Crippen LogP) is 5.23. The highest BCUT2D eigenvalue weighted by Gasteiger charge is 2.66. The van der Waals surface area contributed by atoms with E-state index < -0.39 is 20.0 Å². The Bertz CT molecular complexity index is 1510. The summed E-state index contributed by atoms with van der Waals surface area (Å²) >= 11 is 3.58. The van der Waals surface area contributed by atoms with Gasteiger partial charge in [0.05, 0.1) is 24.0 Å². The van der Waals surface area contributed by atoms with Gasteiger partial charge in [-0.1, -0.05) is 47.1 Å². The van der Waals surface area contributed by atoms with Crippen LogP contribution in [0.15, 0.2) is 71.2 Å². The Balaban J connectivity index is 1.34. The van der Waals surface area contributed by atoms with Gasteiger partial charge in [0, 0.05) is 33.8 Å². The zero-order chi connectivity index (χ0) is 29.1. The van der Waals surface area contributed by atoms with Crippen LogP contribution in [0.1, 0.15) is 24.5 Å². The van der Waals surface area contributed by atoms with Gasteiger partial charge < -0.3 is 24.3 Å². The topological polar surface area (TPSA) is 99.5 Å². The van der Waals surface area contributed by atoms with Crippen molar-refractivity contribution in [3.05, 3.63) is 82.3 Å². The number of benzene rings is 3. The van der Waals surface area contributed by atoms with E-state index in [1.807, 2.05) is 86.7 Å². The van der Waals surface area contributed by atoms with E-state index in [2.05, 4.69) is 15.9 Å². The highest BCUT2D eigenvalue weighted by atomic mass is 79.9. The first-order valence-corrected chi connectivity index (χ1v) is 17.6. The van der Waals surface area contributed by atoms with E-state index in [4.69, 9.17) is 9.47 Å². The van der Waals surface area contributed by atoms with E-state index in [0.29, 0.717) is 24.4 Å². The third-order valence-electron chi connectivity index (χ3n) is 8.60. The molecule has 10 heteroatoms. The molecular weight excluding hydrogens is 604 g/mol. The number of hydrogen-bond donors (Lipinski definition) is 2. The molecule has 3 heterocycles. The lowest BCUT2D eigenvalue weighted by Crippen LogP contribution is -2.46. The molecule has 4 atom stereocenters. The Hall–Kier alpha value is -3.02. The van der Waals surface area contributed by atoms with Gasteiger partial charge in [0.15, 0.2) is 20.5 Å². The average Bonchev–Trinajstić information content (AvgIpc) is 3.36. The summed E-state index contributed by atoms with van der Waals surface area (Å²) in [5.74, 6) is 0.0565. The molecule has 41 heavy (non-hydrogen) atoms. The molecule has 8 nitrogen and oxygen atoms in total. The van der Waals surface area contributed by atoms with Crippen LogP contribution in [-0.2, 0) is 26.5 Å². The molecule has 1 spiro atoms. The van der Waals surface area contributed by atoms with Gasteiger partial charge in [0.25, 0.3) is 11.8 Å². The van der Waals surface area contributed by atoms with E-state index in [1.165, 1.54) is 0 Å². The van der Waals surface area contributed by atoms with Crippen molar-refractivity contribution in [3.63, 3.8) is 0 Å². The molecule has 1 saturated heterocycles. The molecule has 0 bridgehead atoms. The van der Waals surface area contributed by atoms with Crippen LogP contribution in [0.4, 0.5) is 17.1 Å². The summed E-state index contributed by atoms with van der Waals surface area (Å²) in [5.41, 5.74) is 2.39. The number of amides is 2. The number of fused-ring (bicyclic) bond motifs is 3. The summed E-state index contributed by atoms with van der Waals surface area (Å²) in [5, 5.41) is 9.79. The van der Waals surface area contributed by atoms with Crippen LogP contribution in [0.2, 0.25) is 18.6 Å². The number of hydrogen-bond acceptors (Lipinski definition) is 6. The highest BCUT2D eigenvalue weighted by molar-refractivity contribution is 9.10. The van der Waals surface area contributed by atoms with Crippen molar-refractivity contribution >= 4 is 53.1 Å². The number of aliphatic hydroxyl groups excluding tert-OH is 1. The van der Waals surface area contributed by atoms with Crippen molar-refractivity contribution in [2.75, 3.05) is 23.0 Å². The molecule has 2 N–H and O–H groups in total. The third kappa shape index (κ3) is 4.53. The predicted molar refractivity (Wildman–Crippen MR) is 162 cm³/mol. The fourth-order valence-electron chi connectivity index (χ4n) is 6.92. The second-order valence-corrected chi connectivity index (χ2v) is 16.5. The first kappa shape index (κ1) is 28.1. The van der Waals surface area contributed by atoms with Gasteiger partial charge in [0.2, 0.25) is 0 Å². The first-order valence-electron chi connectivity index (χ1n) is 13.8. The van der Waals surface area contributed by atoms with E-state index in [0.717, 1.165) is 27.0 Å². The minimum Gasteiger partial charge on any atom is -0.482 e. The quantitative estimate of drug-likeness (QED) is 0.359. The van der Waals surface area contributed by atoms with Gasteiger partial charge in [-0.25, -0.2) is 0 Å². The Morgan fingerprint density at radius 1 is 1.05 bits per heavy atom. The van der Waals surface area contributed by atoms with Crippen molar-refractivity contribution in [2.45, 2.75) is 50.2 Å². The fraction of sp³-hybridized carbons (Fsp3) is 0.355. The molecule has 3 aromatic rings. The van der Waals surface area contributed by atoms with Crippen LogP contribution in [0.5, 0.6) is 5.75 Å². The summed E-state index contributed by atoms with van der Waals surface area (Å²) < 4.78 is 13.1. The van der Waals surface area contributed by atoms with Crippen LogP contribution in [0.25, 0.3) is 0 Å². The van der Waals surface area contributed by atoms with E-state index in [1.54, 1.807) is 9.80 Å². The van der Waals surface area contributed by atoms with Crippen molar-refractivity contribution in [2.24, 2.45) is 5.92 Å². The minimum absolute atomic E-state index is 0.0283. The fourth-order valence-corrected chi connectivity index (χ4v) is 9.89. The van der Waals surface area contributed by atoms with Crippen LogP contribution in [-0.4, -0.2) is 49.4 Å². The second kappa shape index (κ2) is 10.4. The van der Waals surface area contributed by atoms with Gasteiger partial charge >= 0.3 is 0 Å². The van der Waals surface area contributed by atoms with Gasteiger partial charge in [-0.15, -0.1) is 0 Å². The number of anilines is 3. The highest BCUT2D eigenvalue weighted by Crippen LogP contribution is 2.60.